The van der Waals surface area contributed by atoms with E-state index in [4.69, 9.17) is 10.5 Å². The van der Waals surface area contributed by atoms with Gasteiger partial charge in [-0.3, -0.25) is 0 Å². The molecule has 1 saturated heterocycles. The zero-order valence-corrected chi connectivity index (χ0v) is 14.2. The third-order valence-electron chi connectivity index (χ3n) is 3.98. The highest BCUT2D eigenvalue weighted by atomic mass is 32.2. The zero-order valence-electron chi connectivity index (χ0n) is 12.5. The number of aryl methyl sites for hydroxylation is 1. The normalized spacial score (nSPS) is 28.1. The van der Waals surface area contributed by atoms with Crippen molar-refractivity contribution in [2.24, 2.45) is 5.73 Å². The topological polar surface area (TPSA) is 35.2 Å². The van der Waals surface area contributed by atoms with E-state index in [2.05, 4.69) is 49.5 Å². The lowest BCUT2D eigenvalue weighted by Crippen LogP contribution is -2.40. The van der Waals surface area contributed by atoms with E-state index in [-0.39, 0.29) is 0 Å². The number of thioether (sulfide) groups is 2. The van der Waals surface area contributed by atoms with Gasteiger partial charge in [-0.05, 0) is 30.5 Å². The fraction of sp³-hybridized carbons (Fsp3) is 0.625. The molecule has 1 fully saturated rings. The summed E-state index contributed by atoms with van der Waals surface area (Å²) in [5, 5.41) is 2.07. The fourth-order valence-electron chi connectivity index (χ4n) is 2.34. The molecule has 20 heavy (non-hydrogen) atoms. The van der Waals surface area contributed by atoms with Crippen LogP contribution in [0.4, 0.5) is 0 Å². The number of nitrogens with two attached hydrogens (primary N) is 1. The molecule has 0 aromatic heterocycles. The van der Waals surface area contributed by atoms with E-state index >= 15 is 0 Å². The Bertz CT molecular complexity index is 409. The highest BCUT2D eigenvalue weighted by molar-refractivity contribution is 8.07. The van der Waals surface area contributed by atoms with Crippen molar-refractivity contribution in [3.63, 3.8) is 0 Å². The molecule has 1 aromatic rings. The maximum atomic E-state index is 6.40. The van der Waals surface area contributed by atoms with Crippen LogP contribution in [0.1, 0.15) is 25.8 Å². The molecule has 2 nitrogen and oxygen atoms in total. The second-order valence-corrected chi connectivity index (χ2v) is 8.50. The molecule has 4 heteroatoms. The molecule has 4 unspecified atom stereocenters. The van der Waals surface area contributed by atoms with Gasteiger partial charge in [-0.1, -0.05) is 26.0 Å². The Morgan fingerprint density at radius 3 is 2.55 bits per heavy atom. The van der Waals surface area contributed by atoms with Crippen LogP contribution < -0.4 is 10.5 Å². The van der Waals surface area contributed by atoms with Gasteiger partial charge in [0.25, 0.3) is 0 Å². The maximum absolute atomic E-state index is 6.40. The largest absolute Gasteiger partial charge is 0.497 e. The summed E-state index contributed by atoms with van der Waals surface area (Å²) in [7, 11) is 1.70. The van der Waals surface area contributed by atoms with E-state index < -0.39 is 0 Å². The standard InChI is InChI=1S/C16H25NOS2/c1-11-12(2)20-16(10-19-11)15(17)9-6-13-4-7-14(18-3)8-5-13/h4-5,7-8,11-12,15-16H,6,9-10,17H2,1-3H3. The van der Waals surface area contributed by atoms with E-state index in [1.807, 2.05) is 12.1 Å². The average molecular weight is 312 g/mol. The van der Waals surface area contributed by atoms with Crippen LogP contribution >= 0.6 is 23.5 Å². The molecule has 2 rings (SSSR count). The first kappa shape index (κ1) is 16.1. The Hall–Kier alpha value is -0.320. The number of benzene rings is 1. The smallest absolute Gasteiger partial charge is 0.118 e. The van der Waals surface area contributed by atoms with Crippen LogP contribution in [-0.4, -0.2) is 34.7 Å². The molecule has 4 atom stereocenters. The molecule has 0 bridgehead atoms. The predicted molar refractivity (Wildman–Crippen MR) is 92.1 cm³/mol. The van der Waals surface area contributed by atoms with Crippen LogP contribution in [-0.2, 0) is 6.42 Å². The van der Waals surface area contributed by atoms with Crippen molar-refractivity contribution in [1.82, 2.24) is 0 Å². The first-order valence-electron chi connectivity index (χ1n) is 7.25. The van der Waals surface area contributed by atoms with Crippen molar-refractivity contribution in [3.05, 3.63) is 29.8 Å². The Kier molecular flexibility index (Phi) is 6.12. The molecule has 112 valence electrons. The lowest BCUT2D eigenvalue weighted by Gasteiger charge is -2.34. The van der Waals surface area contributed by atoms with Crippen LogP contribution in [0.25, 0.3) is 0 Å². The van der Waals surface area contributed by atoms with Gasteiger partial charge in [0, 0.05) is 27.5 Å². The summed E-state index contributed by atoms with van der Waals surface area (Å²) in [6.45, 7) is 4.64. The highest BCUT2D eigenvalue weighted by Gasteiger charge is 2.29. The number of hydrogen-bond donors (Lipinski definition) is 1. The van der Waals surface area contributed by atoms with Gasteiger partial charge in [-0.15, -0.1) is 0 Å². The van der Waals surface area contributed by atoms with Crippen LogP contribution in [0.3, 0.4) is 0 Å². The lowest BCUT2D eigenvalue weighted by molar-refractivity contribution is 0.414. The molecule has 0 aliphatic carbocycles. The fourth-order valence-corrected chi connectivity index (χ4v) is 5.44. The summed E-state index contributed by atoms with van der Waals surface area (Å²) in [6, 6.07) is 8.62. The average Bonchev–Trinajstić information content (AvgIpc) is 2.48. The molecule has 0 amide bonds. The molecule has 0 saturated carbocycles. The maximum Gasteiger partial charge on any atom is 0.118 e. The molecule has 0 spiro atoms. The van der Waals surface area contributed by atoms with E-state index in [9.17, 15) is 0 Å². The summed E-state index contributed by atoms with van der Waals surface area (Å²) < 4.78 is 5.18. The molecule has 1 aliphatic rings. The van der Waals surface area contributed by atoms with Crippen LogP contribution in [0, 0.1) is 0 Å². The Morgan fingerprint density at radius 2 is 1.95 bits per heavy atom. The van der Waals surface area contributed by atoms with Crippen molar-refractivity contribution in [2.45, 2.75) is 48.5 Å². The molecular formula is C16H25NOS2. The molecule has 1 aromatic carbocycles. The summed E-state index contributed by atoms with van der Waals surface area (Å²) in [4.78, 5) is 0. The van der Waals surface area contributed by atoms with E-state index in [1.165, 1.54) is 11.3 Å². The minimum Gasteiger partial charge on any atom is -0.497 e. The molecule has 1 aliphatic heterocycles. The lowest BCUT2D eigenvalue weighted by atomic mass is 10.0. The van der Waals surface area contributed by atoms with Crippen LogP contribution in [0.5, 0.6) is 5.75 Å². The first-order valence-corrected chi connectivity index (χ1v) is 9.25. The number of ether oxygens (including phenoxy) is 1. The van der Waals surface area contributed by atoms with Gasteiger partial charge in [0.15, 0.2) is 0 Å². The highest BCUT2D eigenvalue weighted by Crippen LogP contribution is 2.37. The van der Waals surface area contributed by atoms with Gasteiger partial charge in [-0.25, -0.2) is 0 Å². The van der Waals surface area contributed by atoms with Gasteiger partial charge in [0.2, 0.25) is 0 Å². The molecule has 0 radical (unpaired) electrons. The summed E-state index contributed by atoms with van der Waals surface area (Å²) in [6.07, 6.45) is 2.11. The Morgan fingerprint density at radius 1 is 1.25 bits per heavy atom. The van der Waals surface area contributed by atoms with Crippen molar-refractivity contribution >= 4 is 23.5 Å². The van der Waals surface area contributed by atoms with E-state index in [1.54, 1.807) is 7.11 Å². The number of hydrogen-bond acceptors (Lipinski definition) is 4. The Balaban J connectivity index is 1.80. The van der Waals surface area contributed by atoms with E-state index in [0.717, 1.165) is 23.8 Å². The van der Waals surface area contributed by atoms with Gasteiger partial charge in [-0.2, -0.15) is 23.5 Å². The van der Waals surface area contributed by atoms with Crippen LogP contribution in [0.15, 0.2) is 24.3 Å². The SMILES string of the molecule is COc1ccc(CCC(N)C2CSC(C)C(C)S2)cc1. The molecular weight excluding hydrogens is 286 g/mol. The van der Waals surface area contributed by atoms with Gasteiger partial charge in [0.1, 0.15) is 5.75 Å². The summed E-state index contributed by atoms with van der Waals surface area (Å²) >= 11 is 4.15. The third kappa shape index (κ3) is 4.34. The predicted octanol–water partition coefficient (Wildman–Crippen LogP) is 3.58. The van der Waals surface area contributed by atoms with Crippen molar-refractivity contribution in [3.8, 4) is 5.75 Å². The number of methoxy groups -OCH3 is 1. The molecule has 2 N–H and O–H groups in total. The second kappa shape index (κ2) is 7.62. The minimum atomic E-state index is 0.296. The quantitative estimate of drug-likeness (QED) is 0.901. The van der Waals surface area contributed by atoms with Crippen molar-refractivity contribution < 1.29 is 4.74 Å². The molecule has 1 heterocycles. The number of rotatable bonds is 5. The minimum absolute atomic E-state index is 0.296. The Labute approximate surface area is 131 Å². The monoisotopic (exact) mass is 311 g/mol. The first-order chi connectivity index (χ1) is 9.60. The third-order valence-corrected chi connectivity index (χ3v) is 7.55. The summed E-state index contributed by atoms with van der Waals surface area (Å²) in [5.74, 6) is 2.11. The van der Waals surface area contributed by atoms with Gasteiger partial charge >= 0.3 is 0 Å². The van der Waals surface area contributed by atoms with Crippen molar-refractivity contribution in [2.75, 3.05) is 12.9 Å². The second-order valence-electron chi connectivity index (χ2n) is 5.47. The van der Waals surface area contributed by atoms with Gasteiger partial charge < -0.3 is 10.5 Å². The van der Waals surface area contributed by atoms with Crippen LogP contribution in [0.2, 0.25) is 0 Å². The summed E-state index contributed by atoms with van der Waals surface area (Å²) in [5.41, 5.74) is 7.74. The van der Waals surface area contributed by atoms with Crippen molar-refractivity contribution in [1.29, 1.82) is 0 Å². The van der Waals surface area contributed by atoms with E-state index in [0.29, 0.717) is 16.5 Å². The van der Waals surface area contributed by atoms with Gasteiger partial charge in [0.05, 0.1) is 7.11 Å². The zero-order chi connectivity index (χ0) is 14.5.